The van der Waals surface area contributed by atoms with E-state index >= 15 is 0 Å². The molecule has 48 radical (unpaired) electrons. The molecule has 0 fully saturated rings. The van der Waals surface area contributed by atoms with Crippen LogP contribution in [0.15, 0.2) is 4.42 Å². The van der Waals surface area contributed by atoms with Crippen LogP contribution in [0.2, 0.25) is 0 Å². The second-order valence-electron chi connectivity index (χ2n) is 15.9. The zero-order valence-corrected chi connectivity index (χ0v) is 34.3. The first kappa shape index (κ1) is 46.3. The Morgan fingerprint density at radius 1 is 0.138 bits per heavy atom. The quantitative estimate of drug-likeness (QED) is 0.0973. The van der Waals surface area contributed by atoms with Gasteiger partial charge in [-0.2, -0.15) is 0 Å². The van der Waals surface area contributed by atoms with Crippen LogP contribution >= 0.6 is 0 Å². The van der Waals surface area contributed by atoms with Crippen molar-refractivity contribution >= 4 is 384 Å². The first-order chi connectivity index (χ1) is 30.3. The maximum Gasteiger partial charge on any atom is 0.143 e. The standard InChI is InChI=1S/C40B24O/c41-15-3-1(11-22(48)35(61)38(64)36(62)23(11)49)4-6(18(44)31(57)29(55)16(4)42)2(5(3)17(43)30(56)28(15)54)12-24(50)27(53)26(52)14-10-8-7(19(45)32(58)33(59)20(8)46)9-13(39(10)65-40(12)14)25(51)37(63)34(60)21(9)47. The predicted octanol–water partition coefficient (Wildman–Crippen LogP) is -17.4. The molecule has 0 aliphatic heterocycles. The molecule has 9 aromatic rings. The van der Waals surface area contributed by atoms with Crippen LogP contribution in [0.5, 0.6) is 0 Å². The maximum absolute atomic E-state index is 7.10. The van der Waals surface area contributed by atoms with E-state index in [-0.39, 0.29) is 218 Å². The van der Waals surface area contributed by atoms with Gasteiger partial charge in [-0.25, -0.2) is 0 Å². The van der Waals surface area contributed by atoms with Crippen molar-refractivity contribution in [1.29, 1.82) is 0 Å². The number of hydrogen-bond donors (Lipinski definition) is 0. The van der Waals surface area contributed by atoms with Crippen molar-refractivity contribution in [2.75, 3.05) is 0 Å². The summed E-state index contributed by atoms with van der Waals surface area (Å²) in [4.78, 5) is 0. The largest absolute Gasteiger partial charge is 0.455 e. The molecular formula is C40B24O. The third kappa shape index (κ3) is 5.75. The Hall–Kier alpha value is -3.84. The molecule has 1 nitrogen and oxygen atoms in total. The minimum absolute atomic E-state index is 0.00212. The van der Waals surface area contributed by atoms with E-state index in [2.05, 4.69) is 0 Å². The van der Waals surface area contributed by atoms with Gasteiger partial charge in [0.25, 0.3) is 0 Å². The first-order valence-electron chi connectivity index (χ1n) is 19.1. The van der Waals surface area contributed by atoms with E-state index in [0.717, 1.165) is 0 Å². The van der Waals surface area contributed by atoms with E-state index in [1.165, 1.54) is 0 Å². The third-order valence-corrected chi connectivity index (χ3v) is 12.8. The maximum atomic E-state index is 7.10. The zero-order chi connectivity index (χ0) is 47.8. The molecule has 25 heteroatoms. The normalized spacial score (nSPS) is 11.9. The van der Waals surface area contributed by atoms with Gasteiger partial charge in [0.1, 0.15) is 199 Å². The Labute approximate surface area is 408 Å². The van der Waals surface area contributed by atoms with Crippen LogP contribution < -0.4 is 131 Å². The number of fused-ring (bicyclic) bond motifs is 10. The van der Waals surface area contributed by atoms with Gasteiger partial charge in [0, 0.05) is 21.7 Å². The second kappa shape index (κ2) is 15.3. The van der Waals surface area contributed by atoms with Gasteiger partial charge in [0.05, 0.1) is 0 Å². The lowest BCUT2D eigenvalue weighted by Crippen LogP contribution is -2.55. The molecule has 8 aromatic carbocycles. The monoisotopic (exact) mass is 760 g/mol. The lowest BCUT2D eigenvalue weighted by molar-refractivity contribution is 0.675. The Bertz CT molecular complexity index is 3710. The molecule has 0 bridgehead atoms. The van der Waals surface area contributed by atoms with Crippen molar-refractivity contribution in [1.82, 2.24) is 0 Å². The molecule has 238 valence electrons. The highest BCUT2D eigenvalue weighted by atomic mass is 16.3. The van der Waals surface area contributed by atoms with Crippen molar-refractivity contribution in [3.63, 3.8) is 0 Å². The van der Waals surface area contributed by atoms with Gasteiger partial charge >= 0.3 is 0 Å². The predicted molar refractivity (Wildman–Crippen MR) is 304 cm³/mol. The minimum Gasteiger partial charge on any atom is -0.455 e. The second-order valence-corrected chi connectivity index (χ2v) is 15.9. The van der Waals surface area contributed by atoms with E-state index in [1.807, 2.05) is 0 Å². The molecule has 1 heterocycles. The Kier molecular flexibility index (Phi) is 10.9. The van der Waals surface area contributed by atoms with Crippen molar-refractivity contribution in [2.45, 2.75) is 0 Å². The molecule has 0 saturated heterocycles. The van der Waals surface area contributed by atoms with Crippen molar-refractivity contribution in [3.05, 3.63) is 0 Å². The molecule has 0 atom stereocenters. The Morgan fingerprint density at radius 3 is 0.692 bits per heavy atom. The molecule has 9 rings (SSSR count). The van der Waals surface area contributed by atoms with Crippen LogP contribution in [-0.4, -0.2) is 188 Å². The number of hydrogen-bond acceptors (Lipinski definition) is 1. The molecule has 0 aliphatic carbocycles. The summed E-state index contributed by atoms with van der Waals surface area (Å²) in [6.45, 7) is 0. The SMILES string of the molecule is [B]c1c([B])c([B])c(-c2c3c([B])c([B])c([B])c([B])c3c(-c3c([B])c([B])c([B])c4c3oc3c5c([B])c([B])c([B])c([B])c5c5c([B])c([B])c([B])c([B])c5c34)c3c([B])c([B])c([B])c([B])c23)c([B])c1[B]. The molecule has 0 unspecified atom stereocenters. The summed E-state index contributed by atoms with van der Waals surface area (Å²) < 4.78 is 6.96. The highest BCUT2D eigenvalue weighted by molar-refractivity contribution is 6.77. The summed E-state index contributed by atoms with van der Waals surface area (Å²) in [7, 11) is 161. The van der Waals surface area contributed by atoms with E-state index in [0.29, 0.717) is 0 Å². The van der Waals surface area contributed by atoms with Crippen LogP contribution in [0, 0.1) is 0 Å². The van der Waals surface area contributed by atoms with E-state index < -0.39 is 0 Å². The highest BCUT2D eigenvalue weighted by Gasteiger charge is 2.31. The van der Waals surface area contributed by atoms with Crippen LogP contribution in [-0.2, 0) is 0 Å². The van der Waals surface area contributed by atoms with E-state index in [9.17, 15) is 0 Å². The van der Waals surface area contributed by atoms with Crippen molar-refractivity contribution in [3.8, 4) is 22.3 Å². The van der Waals surface area contributed by atoms with Gasteiger partial charge in [-0.05, 0) is 54.4 Å². The highest BCUT2D eigenvalue weighted by Crippen LogP contribution is 2.44. The summed E-state index contributed by atoms with van der Waals surface area (Å²) in [5.74, 6) is 0. The lowest BCUT2D eigenvalue weighted by atomic mass is 9.56. The first-order valence-corrected chi connectivity index (χ1v) is 19.1. The van der Waals surface area contributed by atoms with Gasteiger partial charge in [0.2, 0.25) is 0 Å². The fraction of sp³-hybridized carbons (Fsp3) is 0. The van der Waals surface area contributed by atoms with Crippen molar-refractivity contribution in [2.24, 2.45) is 0 Å². The molecular weight excluding hydrogens is 756 g/mol. The Morgan fingerprint density at radius 2 is 0.338 bits per heavy atom. The third-order valence-electron chi connectivity index (χ3n) is 12.8. The topological polar surface area (TPSA) is 13.1 Å². The lowest BCUT2D eigenvalue weighted by Gasteiger charge is -2.31. The number of furan rings is 1. The van der Waals surface area contributed by atoms with Gasteiger partial charge < -0.3 is 4.42 Å². The van der Waals surface area contributed by atoms with E-state index in [4.69, 9.17) is 193 Å². The average molecular weight is 756 g/mol. The summed E-state index contributed by atoms with van der Waals surface area (Å²) in [6, 6.07) is 0. The summed E-state index contributed by atoms with van der Waals surface area (Å²) >= 11 is 0. The number of rotatable bonds is 2. The van der Waals surface area contributed by atoms with Gasteiger partial charge in [0.15, 0.2) is 0 Å². The van der Waals surface area contributed by atoms with Crippen LogP contribution in [0.3, 0.4) is 0 Å². The van der Waals surface area contributed by atoms with E-state index in [1.54, 1.807) is 0 Å². The molecule has 65 heavy (non-hydrogen) atoms. The molecule has 0 aliphatic rings. The summed E-state index contributed by atoms with van der Waals surface area (Å²) in [5.41, 5.74) is -2.93. The average Bonchev–Trinajstić information content (AvgIpc) is 3.67. The smallest absolute Gasteiger partial charge is 0.143 e. The number of benzene rings is 8. The van der Waals surface area contributed by atoms with Crippen molar-refractivity contribution < 1.29 is 4.42 Å². The molecule has 0 amide bonds. The van der Waals surface area contributed by atoms with Gasteiger partial charge in [-0.3, -0.25) is 0 Å². The van der Waals surface area contributed by atoms with Crippen LogP contribution in [0.4, 0.5) is 0 Å². The van der Waals surface area contributed by atoms with Crippen LogP contribution in [0.1, 0.15) is 0 Å². The van der Waals surface area contributed by atoms with Gasteiger partial charge in [-0.15, -0.1) is 65.6 Å². The molecule has 0 spiro atoms. The molecule has 0 N–H and O–H groups in total. The molecule has 0 saturated carbocycles. The summed E-state index contributed by atoms with van der Waals surface area (Å²) in [6.07, 6.45) is 0. The zero-order valence-electron chi connectivity index (χ0n) is 34.3. The fourth-order valence-electron chi connectivity index (χ4n) is 9.30. The Balaban J connectivity index is 1.71. The summed E-state index contributed by atoms with van der Waals surface area (Å²) in [5, 5.41) is 1.03. The minimum atomic E-state index is -0.188. The fourth-order valence-corrected chi connectivity index (χ4v) is 9.30. The van der Waals surface area contributed by atoms with Gasteiger partial charge in [-0.1, -0.05) is 65.6 Å². The van der Waals surface area contributed by atoms with Crippen LogP contribution in [0.25, 0.3) is 87.3 Å². The molecule has 1 aromatic heterocycles.